The molecule has 1 unspecified atom stereocenters. The minimum absolute atomic E-state index is 0.137. The predicted octanol–water partition coefficient (Wildman–Crippen LogP) is 3.07. The first kappa shape index (κ1) is 15.0. The molecule has 6 heteroatoms. The molecule has 0 amide bonds. The largest absolute Gasteiger partial charge is 0.398 e. The van der Waals surface area contributed by atoms with Gasteiger partial charge < -0.3 is 5.73 Å². The third-order valence-electron chi connectivity index (χ3n) is 3.05. The van der Waals surface area contributed by atoms with E-state index in [1.54, 1.807) is 18.2 Å². The third-order valence-corrected chi connectivity index (χ3v) is 5.58. The molecule has 20 heavy (non-hydrogen) atoms. The molecule has 0 saturated carbocycles. The van der Waals surface area contributed by atoms with Gasteiger partial charge in [-0.25, -0.2) is 13.1 Å². The molecule has 0 aliphatic rings. The maximum atomic E-state index is 12.4. The number of benzene rings is 1. The van der Waals surface area contributed by atoms with Crippen molar-refractivity contribution in [2.24, 2.45) is 0 Å². The average Bonchev–Trinajstić information content (AvgIpc) is 2.89. The minimum atomic E-state index is -3.61. The molecule has 2 aromatic rings. The molecule has 108 valence electrons. The first-order chi connectivity index (χ1) is 9.44. The minimum Gasteiger partial charge on any atom is -0.398 e. The van der Waals surface area contributed by atoms with Crippen LogP contribution < -0.4 is 10.5 Å². The summed E-state index contributed by atoms with van der Waals surface area (Å²) in [7, 11) is -3.61. The summed E-state index contributed by atoms with van der Waals surface area (Å²) >= 11 is 1.54. The molecule has 4 nitrogen and oxygen atoms in total. The summed E-state index contributed by atoms with van der Waals surface area (Å²) in [4.78, 5) is 1.14. The number of thiophene rings is 1. The molecule has 0 fully saturated rings. The van der Waals surface area contributed by atoms with Crippen molar-refractivity contribution in [3.8, 4) is 0 Å². The quantitative estimate of drug-likeness (QED) is 0.834. The number of aryl methyl sites for hydroxylation is 1. The van der Waals surface area contributed by atoms with E-state index in [2.05, 4.69) is 4.72 Å². The zero-order valence-corrected chi connectivity index (χ0v) is 13.1. The number of anilines is 1. The van der Waals surface area contributed by atoms with Gasteiger partial charge in [-0.3, -0.25) is 0 Å². The molecule has 1 aromatic heterocycles. The van der Waals surface area contributed by atoms with Gasteiger partial charge in [-0.05, 0) is 42.5 Å². The normalized spacial score (nSPS) is 13.3. The van der Waals surface area contributed by atoms with Crippen LogP contribution in [0.5, 0.6) is 0 Å². The van der Waals surface area contributed by atoms with Crippen LogP contribution in [0.25, 0.3) is 0 Å². The molecule has 1 atom stereocenters. The molecular weight excluding hydrogens is 292 g/mol. The van der Waals surface area contributed by atoms with Crippen LogP contribution in [-0.2, 0) is 10.0 Å². The van der Waals surface area contributed by atoms with E-state index in [4.69, 9.17) is 5.73 Å². The number of rotatable bonds is 5. The first-order valence-corrected chi connectivity index (χ1v) is 8.72. The van der Waals surface area contributed by atoms with Gasteiger partial charge in [-0.1, -0.05) is 19.1 Å². The van der Waals surface area contributed by atoms with Crippen molar-refractivity contribution in [1.82, 2.24) is 4.72 Å². The molecule has 3 N–H and O–H groups in total. The van der Waals surface area contributed by atoms with E-state index < -0.39 is 10.0 Å². The van der Waals surface area contributed by atoms with Gasteiger partial charge in [0.05, 0.1) is 11.7 Å². The van der Waals surface area contributed by atoms with Gasteiger partial charge in [0.15, 0.2) is 0 Å². The summed E-state index contributed by atoms with van der Waals surface area (Å²) in [6.45, 7) is 3.83. The lowest BCUT2D eigenvalue weighted by atomic mass is 10.2. The van der Waals surface area contributed by atoms with E-state index >= 15 is 0 Å². The summed E-state index contributed by atoms with van der Waals surface area (Å²) in [6.07, 6.45) is 0.686. The first-order valence-electron chi connectivity index (χ1n) is 6.36. The van der Waals surface area contributed by atoms with E-state index in [1.165, 1.54) is 11.3 Å². The fraction of sp³-hybridized carbons (Fsp3) is 0.286. The second-order valence-electron chi connectivity index (χ2n) is 4.64. The van der Waals surface area contributed by atoms with Crippen LogP contribution in [0.1, 0.15) is 29.8 Å². The van der Waals surface area contributed by atoms with Gasteiger partial charge in [0.25, 0.3) is 0 Å². The Morgan fingerprint density at radius 3 is 2.65 bits per heavy atom. The fourth-order valence-electron chi connectivity index (χ4n) is 2.00. The second kappa shape index (κ2) is 5.95. The van der Waals surface area contributed by atoms with E-state index in [0.717, 1.165) is 10.4 Å². The highest BCUT2D eigenvalue weighted by Gasteiger charge is 2.22. The van der Waals surface area contributed by atoms with Crippen molar-refractivity contribution < 1.29 is 8.42 Å². The molecule has 0 aliphatic heterocycles. The summed E-state index contributed by atoms with van der Waals surface area (Å²) in [5.41, 5.74) is 7.04. The van der Waals surface area contributed by atoms with Crippen molar-refractivity contribution >= 4 is 27.0 Å². The maximum absolute atomic E-state index is 12.4. The number of nitrogens with one attached hydrogen (secondary N) is 1. The average molecular weight is 310 g/mol. The van der Waals surface area contributed by atoms with Gasteiger partial charge in [-0.2, -0.15) is 0 Å². The Morgan fingerprint density at radius 2 is 2.10 bits per heavy atom. The summed E-state index contributed by atoms with van der Waals surface area (Å²) < 4.78 is 27.6. The van der Waals surface area contributed by atoms with E-state index in [0.29, 0.717) is 6.42 Å². The molecule has 2 rings (SSSR count). The van der Waals surface area contributed by atoms with Crippen molar-refractivity contribution in [1.29, 1.82) is 0 Å². The molecule has 0 aliphatic carbocycles. The summed E-state index contributed by atoms with van der Waals surface area (Å²) in [5.74, 6) is 0. The van der Waals surface area contributed by atoms with Crippen molar-refractivity contribution in [3.05, 3.63) is 46.2 Å². The van der Waals surface area contributed by atoms with Crippen LogP contribution in [0, 0.1) is 6.92 Å². The number of nitrogen functional groups attached to an aromatic ring is 1. The monoisotopic (exact) mass is 310 g/mol. The highest BCUT2D eigenvalue weighted by Crippen LogP contribution is 2.26. The van der Waals surface area contributed by atoms with Crippen LogP contribution in [0.2, 0.25) is 0 Å². The standard InChI is InChI=1S/C14H18N2O2S2/c1-3-12(13-5-4-8-19-13)16-20(17,18)14-7-6-10(2)9-11(14)15/h4-9,12,16H,3,15H2,1-2H3. The van der Waals surface area contributed by atoms with Crippen LogP contribution in [-0.4, -0.2) is 8.42 Å². The van der Waals surface area contributed by atoms with E-state index in [1.807, 2.05) is 31.4 Å². The Morgan fingerprint density at radius 1 is 1.35 bits per heavy atom. The van der Waals surface area contributed by atoms with Crippen molar-refractivity contribution in [3.63, 3.8) is 0 Å². The SMILES string of the molecule is CCC(NS(=O)(=O)c1ccc(C)cc1N)c1cccs1. The predicted molar refractivity (Wildman–Crippen MR) is 83.3 cm³/mol. The Kier molecular flexibility index (Phi) is 4.47. The molecule has 0 bridgehead atoms. The zero-order valence-electron chi connectivity index (χ0n) is 11.5. The Bertz CT molecular complexity index is 679. The van der Waals surface area contributed by atoms with Gasteiger partial charge in [0, 0.05) is 4.88 Å². The van der Waals surface area contributed by atoms with Gasteiger partial charge in [-0.15, -0.1) is 11.3 Å². The van der Waals surface area contributed by atoms with Crippen LogP contribution >= 0.6 is 11.3 Å². The van der Waals surface area contributed by atoms with Crippen LogP contribution in [0.15, 0.2) is 40.6 Å². The third kappa shape index (κ3) is 3.20. The Balaban J connectivity index is 2.31. The van der Waals surface area contributed by atoms with Gasteiger partial charge in [0.2, 0.25) is 10.0 Å². The Labute approximate surface area is 123 Å². The summed E-state index contributed by atoms with van der Waals surface area (Å²) in [5, 5.41) is 1.94. The lowest BCUT2D eigenvalue weighted by Gasteiger charge is -2.16. The number of sulfonamides is 1. The highest BCUT2D eigenvalue weighted by molar-refractivity contribution is 7.89. The molecule has 1 heterocycles. The lowest BCUT2D eigenvalue weighted by Crippen LogP contribution is -2.28. The highest BCUT2D eigenvalue weighted by atomic mass is 32.2. The van der Waals surface area contributed by atoms with Crippen LogP contribution in [0.4, 0.5) is 5.69 Å². The fourth-order valence-corrected chi connectivity index (χ4v) is 4.34. The Hall–Kier alpha value is -1.37. The van der Waals surface area contributed by atoms with Crippen molar-refractivity contribution in [2.75, 3.05) is 5.73 Å². The van der Waals surface area contributed by atoms with Gasteiger partial charge >= 0.3 is 0 Å². The maximum Gasteiger partial charge on any atom is 0.243 e. The smallest absolute Gasteiger partial charge is 0.243 e. The van der Waals surface area contributed by atoms with Crippen LogP contribution in [0.3, 0.4) is 0 Å². The number of nitrogens with two attached hydrogens (primary N) is 1. The molecule has 0 radical (unpaired) electrons. The summed E-state index contributed by atoms with van der Waals surface area (Å²) in [6, 6.07) is 8.59. The molecular formula is C14H18N2O2S2. The van der Waals surface area contributed by atoms with Crippen molar-refractivity contribution in [2.45, 2.75) is 31.2 Å². The number of hydrogen-bond acceptors (Lipinski definition) is 4. The zero-order chi connectivity index (χ0) is 14.8. The molecule has 1 aromatic carbocycles. The number of hydrogen-bond donors (Lipinski definition) is 2. The molecule has 0 saturated heterocycles. The lowest BCUT2D eigenvalue weighted by molar-refractivity contribution is 0.553. The van der Waals surface area contributed by atoms with E-state index in [9.17, 15) is 8.42 Å². The van der Waals surface area contributed by atoms with E-state index in [-0.39, 0.29) is 16.6 Å². The molecule has 0 spiro atoms. The van der Waals surface area contributed by atoms with Gasteiger partial charge in [0.1, 0.15) is 4.90 Å². The topological polar surface area (TPSA) is 72.2 Å². The second-order valence-corrected chi connectivity index (χ2v) is 7.30.